The van der Waals surface area contributed by atoms with Crippen LogP contribution in [0.2, 0.25) is 0 Å². The van der Waals surface area contributed by atoms with Crippen molar-refractivity contribution < 1.29 is 0 Å². The van der Waals surface area contributed by atoms with Crippen molar-refractivity contribution in [2.45, 2.75) is 111 Å². The van der Waals surface area contributed by atoms with Gasteiger partial charge in [0.25, 0.3) is 0 Å². The lowest BCUT2D eigenvalue weighted by atomic mass is 10.1. The second-order valence-electron chi connectivity index (χ2n) is 17.5. The number of hydrogen-bond acceptors (Lipinski definition) is 12. The molecule has 7 aromatic heterocycles. The van der Waals surface area contributed by atoms with Gasteiger partial charge in [-0.3, -0.25) is 34.9 Å². The number of aryl methyl sites for hydroxylation is 7. The van der Waals surface area contributed by atoms with Gasteiger partial charge >= 0.3 is 0 Å². The zero-order valence-corrected chi connectivity index (χ0v) is 42.2. The summed E-state index contributed by atoms with van der Waals surface area (Å²) in [5, 5.41) is 6.71. The molecule has 356 valence electrons. The Hall–Kier alpha value is -5.56. The molecule has 0 atom stereocenters. The molecule has 0 radical (unpaired) electrons. The summed E-state index contributed by atoms with van der Waals surface area (Å²) in [7, 11) is 0. The largest absolute Gasteiger partial charge is 0.385 e. The molecular weight excluding hydrogens is 907 g/mol. The number of pyridine rings is 7. The Labute approximate surface area is 422 Å². The average Bonchev–Trinajstić information content (AvgIpc) is 4.15. The first-order chi connectivity index (χ1) is 34.3. The van der Waals surface area contributed by atoms with Gasteiger partial charge in [0, 0.05) is 132 Å². The lowest BCUT2D eigenvalue weighted by molar-refractivity contribution is 0.784. The van der Waals surface area contributed by atoms with Gasteiger partial charge in [-0.15, -0.1) is 35.3 Å². The van der Waals surface area contributed by atoms with Crippen LogP contribution >= 0.6 is 35.3 Å². The first-order valence-corrected chi connectivity index (χ1v) is 27.7. The molecule has 9 nitrogen and oxygen atoms in total. The minimum absolute atomic E-state index is 1.08. The minimum atomic E-state index is 1.08. The van der Waals surface area contributed by atoms with Crippen molar-refractivity contribution in [1.29, 1.82) is 0 Å². The Kier molecular flexibility index (Phi) is 20.4. The summed E-state index contributed by atoms with van der Waals surface area (Å²) in [6.07, 6.45) is 49.7. The quantitative estimate of drug-likeness (QED) is 0.151. The molecule has 69 heavy (non-hydrogen) atoms. The zero-order valence-electron chi connectivity index (χ0n) is 39.8. The number of nitrogens with zero attached hydrogens (tertiary/aromatic N) is 7. The third kappa shape index (κ3) is 16.0. The Morgan fingerprint density at radius 3 is 1.43 bits per heavy atom. The second kappa shape index (κ2) is 28.2. The summed E-state index contributed by atoms with van der Waals surface area (Å²) in [4.78, 5) is 32.8. The van der Waals surface area contributed by atoms with Crippen LogP contribution in [0.5, 0.6) is 0 Å². The molecule has 0 saturated heterocycles. The molecule has 7 aromatic rings. The maximum absolute atomic E-state index is 4.13. The van der Waals surface area contributed by atoms with Crippen molar-refractivity contribution in [3.63, 3.8) is 0 Å². The van der Waals surface area contributed by atoms with Gasteiger partial charge in [0.15, 0.2) is 0 Å². The van der Waals surface area contributed by atoms with E-state index in [1.165, 1.54) is 183 Å². The minimum Gasteiger partial charge on any atom is -0.385 e. The molecule has 0 fully saturated rings. The number of aromatic nitrogens is 7. The highest BCUT2D eigenvalue weighted by molar-refractivity contribution is 8.00. The van der Waals surface area contributed by atoms with Gasteiger partial charge in [-0.25, -0.2) is 0 Å². The summed E-state index contributed by atoms with van der Waals surface area (Å²) >= 11 is 5.85. The van der Waals surface area contributed by atoms with Crippen LogP contribution < -0.4 is 10.6 Å². The highest BCUT2D eigenvalue weighted by Gasteiger charge is 2.11. The molecule has 5 aliphatic heterocycles. The summed E-state index contributed by atoms with van der Waals surface area (Å²) in [5.74, 6) is 3.79. The summed E-state index contributed by atoms with van der Waals surface area (Å²) in [6, 6.07) is 14.6. The monoisotopic (exact) mass is 971 g/mol. The molecule has 0 amide bonds. The Bertz CT molecular complexity index is 2360. The van der Waals surface area contributed by atoms with Crippen LogP contribution in [0.25, 0.3) is 6.08 Å². The van der Waals surface area contributed by atoms with E-state index in [0.717, 1.165) is 19.5 Å². The van der Waals surface area contributed by atoms with E-state index in [-0.39, 0.29) is 0 Å². The van der Waals surface area contributed by atoms with E-state index < -0.39 is 0 Å². The van der Waals surface area contributed by atoms with Crippen molar-refractivity contribution in [2.75, 3.05) is 41.0 Å². The Morgan fingerprint density at radius 1 is 0.333 bits per heavy atom. The fraction of sp³-hybridized carbons (Fsp3) is 0.351. The van der Waals surface area contributed by atoms with Crippen molar-refractivity contribution in [1.82, 2.24) is 34.9 Å². The van der Waals surface area contributed by atoms with Gasteiger partial charge in [0.1, 0.15) is 0 Å². The summed E-state index contributed by atoms with van der Waals surface area (Å²) < 4.78 is 0. The Balaban J connectivity index is 0.000000109. The fourth-order valence-corrected chi connectivity index (χ4v) is 11.9. The number of hydrogen-bond donors (Lipinski definition) is 2. The molecule has 0 unspecified atom stereocenters. The molecule has 2 aliphatic carbocycles. The van der Waals surface area contributed by atoms with Gasteiger partial charge in [-0.1, -0.05) is 12.2 Å². The number of anilines is 2. The lowest BCUT2D eigenvalue weighted by Gasteiger charge is -2.16. The van der Waals surface area contributed by atoms with Crippen LogP contribution in [-0.4, -0.2) is 65.2 Å². The second-order valence-corrected chi connectivity index (χ2v) is 20.9. The van der Waals surface area contributed by atoms with Crippen LogP contribution in [-0.2, 0) is 51.4 Å². The highest BCUT2D eigenvalue weighted by Crippen LogP contribution is 2.31. The average molecular weight is 972 g/mol. The predicted molar refractivity (Wildman–Crippen MR) is 290 cm³/mol. The van der Waals surface area contributed by atoms with Crippen molar-refractivity contribution >= 4 is 52.7 Å². The molecular formula is C57H65N9S3. The van der Waals surface area contributed by atoms with E-state index in [1.54, 1.807) is 0 Å². The standard InChI is InChI=1S/C9H12N2.C9H11NS.C8H10N2.C8H9NS.C8H9N.C8H7N.C7H7NS/c1-2-5-11-9-4-6-10-7-8(9)3-1;1-2-6-11-9-4-5-10-7-8(9)3-1;1-2-7-6-9-5-3-8(7)10-4-1;1-2-7-6-9-4-3-8(7)10-5-1;2*1-2-7-4-5-9-6-8(7)3-1;1-3-8-5-6-2-4-9-7(1)6/h4,6-7,11H,1-3,5H2;4-5,7H,1-3,6H2;3,5-6,10H,1-2,4H2;3-4,6H,1-2,5H2;4-6H,1-3H2;1,3-6H,2H2;1,3,5H,2,4H2. The van der Waals surface area contributed by atoms with Crippen LogP contribution in [0.15, 0.2) is 150 Å². The van der Waals surface area contributed by atoms with Crippen molar-refractivity contribution in [2.24, 2.45) is 0 Å². The fourth-order valence-electron chi connectivity index (χ4n) is 8.79. The number of fused-ring (bicyclic) bond motifs is 7. The number of thioether (sulfide) groups is 3. The zero-order chi connectivity index (χ0) is 47.0. The predicted octanol–water partition coefficient (Wildman–Crippen LogP) is 12.9. The molecule has 14 rings (SSSR count). The molecule has 2 N–H and O–H groups in total. The van der Waals surface area contributed by atoms with E-state index >= 15 is 0 Å². The summed E-state index contributed by atoms with van der Waals surface area (Å²) in [5.41, 5.74) is 15.2. The molecule has 0 aromatic carbocycles. The topological polar surface area (TPSA) is 114 Å². The first-order valence-electron chi connectivity index (χ1n) is 24.8. The van der Waals surface area contributed by atoms with Gasteiger partial charge in [0.2, 0.25) is 0 Å². The molecule has 0 spiro atoms. The van der Waals surface area contributed by atoms with Gasteiger partial charge in [-0.05, 0) is 200 Å². The SMILES string of the molecule is C1=Cc2cnccc2C1.c1cc2c(cn1)CCC2.c1cc2c(cn1)CCCCN2.c1cc2c(cn1)CCCCS2.c1cc2c(cn1)CCCN2.c1cc2c(cn1)CCCS2.c1cc2c(cn1)CCS2. The molecule has 0 saturated carbocycles. The van der Waals surface area contributed by atoms with Gasteiger partial charge in [0.05, 0.1) is 0 Å². The number of nitrogens with one attached hydrogen (secondary N) is 2. The number of allylic oxidation sites excluding steroid dienone is 1. The van der Waals surface area contributed by atoms with E-state index in [9.17, 15) is 0 Å². The van der Waals surface area contributed by atoms with E-state index in [2.05, 4.69) is 94.1 Å². The van der Waals surface area contributed by atoms with E-state index in [1.807, 2.05) is 128 Å². The smallest absolute Gasteiger partial charge is 0.0403 e. The Morgan fingerprint density at radius 2 is 0.783 bits per heavy atom. The third-order valence-electron chi connectivity index (χ3n) is 12.6. The van der Waals surface area contributed by atoms with Crippen molar-refractivity contribution in [3.05, 3.63) is 185 Å². The van der Waals surface area contributed by atoms with Crippen LogP contribution in [0, 0.1) is 0 Å². The molecule has 12 heterocycles. The van der Waals surface area contributed by atoms with Crippen LogP contribution in [0.3, 0.4) is 0 Å². The highest BCUT2D eigenvalue weighted by atomic mass is 32.2. The van der Waals surface area contributed by atoms with E-state index in [4.69, 9.17) is 0 Å². The lowest BCUT2D eigenvalue weighted by Crippen LogP contribution is -2.11. The maximum Gasteiger partial charge on any atom is 0.0403 e. The molecule has 12 heteroatoms. The third-order valence-corrected chi connectivity index (χ3v) is 16.1. The van der Waals surface area contributed by atoms with E-state index in [0.29, 0.717) is 0 Å². The maximum atomic E-state index is 4.13. The summed E-state index contributed by atoms with van der Waals surface area (Å²) in [6.45, 7) is 2.22. The van der Waals surface area contributed by atoms with Crippen molar-refractivity contribution in [3.8, 4) is 0 Å². The first kappa shape index (κ1) is 49.8. The van der Waals surface area contributed by atoms with Gasteiger partial charge in [-0.2, -0.15) is 0 Å². The van der Waals surface area contributed by atoms with Gasteiger partial charge < -0.3 is 10.6 Å². The normalized spacial score (nSPS) is 15.8. The molecule has 0 bridgehead atoms. The number of rotatable bonds is 0. The van der Waals surface area contributed by atoms with Crippen LogP contribution in [0.4, 0.5) is 11.4 Å². The van der Waals surface area contributed by atoms with Crippen LogP contribution in [0.1, 0.15) is 95.0 Å². The molecule has 7 aliphatic rings.